The van der Waals surface area contributed by atoms with E-state index in [2.05, 4.69) is 18.3 Å². The standard InChI is InChI=1S/C20H33NOS/c1-2-12-19-15-17(16-23-19)20(22)21-18-13-10-8-6-4-3-5-7-9-11-14-18/h15-16,18H,2-14H2,1H3,(H,21,22). The lowest BCUT2D eigenvalue weighted by molar-refractivity contribution is 0.0932. The number of carbonyl (C=O) groups is 1. The van der Waals surface area contributed by atoms with Gasteiger partial charge in [0, 0.05) is 16.3 Å². The molecule has 0 atom stereocenters. The van der Waals surface area contributed by atoms with E-state index in [1.54, 1.807) is 11.3 Å². The number of hydrogen-bond donors (Lipinski definition) is 1. The lowest BCUT2D eigenvalue weighted by Gasteiger charge is -2.19. The molecule has 2 rings (SSSR count). The first-order chi connectivity index (χ1) is 11.3. The Labute approximate surface area is 146 Å². The fourth-order valence-electron chi connectivity index (χ4n) is 3.45. The van der Waals surface area contributed by atoms with Gasteiger partial charge < -0.3 is 5.32 Å². The predicted molar refractivity (Wildman–Crippen MR) is 100 cm³/mol. The largest absolute Gasteiger partial charge is 0.349 e. The summed E-state index contributed by atoms with van der Waals surface area (Å²) in [6, 6.07) is 2.45. The van der Waals surface area contributed by atoms with Gasteiger partial charge in [0.05, 0.1) is 5.56 Å². The van der Waals surface area contributed by atoms with Crippen LogP contribution < -0.4 is 5.32 Å². The first-order valence-corrected chi connectivity index (χ1v) is 10.6. The van der Waals surface area contributed by atoms with Gasteiger partial charge in [0.25, 0.3) is 5.91 Å². The Hall–Kier alpha value is -0.830. The highest BCUT2D eigenvalue weighted by molar-refractivity contribution is 7.10. The molecule has 1 aromatic rings. The van der Waals surface area contributed by atoms with Crippen LogP contribution in [0.1, 0.15) is 99.2 Å². The van der Waals surface area contributed by atoms with Crippen LogP contribution in [-0.2, 0) is 6.42 Å². The quantitative estimate of drug-likeness (QED) is 0.707. The normalized spacial score (nSPS) is 18.8. The number of rotatable bonds is 4. The van der Waals surface area contributed by atoms with Crippen molar-refractivity contribution in [1.82, 2.24) is 5.32 Å². The molecule has 0 aromatic carbocycles. The minimum Gasteiger partial charge on any atom is -0.349 e. The minimum atomic E-state index is 0.140. The lowest BCUT2D eigenvalue weighted by atomic mass is 9.98. The highest BCUT2D eigenvalue weighted by Crippen LogP contribution is 2.19. The van der Waals surface area contributed by atoms with Crippen LogP contribution in [0, 0.1) is 0 Å². The molecule has 2 nitrogen and oxygen atoms in total. The summed E-state index contributed by atoms with van der Waals surface area (Å²) in [7, 11) is 0. The monoisotopic (exact) mass is 335 g/mol. The fraction of sp³-hybridized carbons (Fsp3) is 0.750. The van der Waals surface area contributed by atoms with Gasteiger partial charge in [-0.25, -0.2) is 0 Å². The van der Waals surface area contributed by atoms with Gasteiger partial charge in [0.2, 0.25) is 0 Å². The van der Waals surface area contributed by atoms with Crippen molar-refractivity contribution < 1.29 is 4.79 Å². The van der Waals surface area contributed by atoms with Crippen molar-refractivity contribution in [3.8, 4) is 0 Å². The first-order valence-electron chi connectivity index (χ1n) is 9.68. The molecule has 130 valence electrons. The van der Waals surface area contributed by atoms with E-state index in [4.69, 9.17) is 0 Å². The summed E-state index contributed by atoms with van der Waals surface area (Å²) >= 11 is 1.72. The maximum Gasteiger partial charge on any atom is 0.252 e. The van der Waals surface area contributed by atoms with E-state index >= 15 is 0 Å². The van der Waals surface area contributed by atoms with Crippen LogP contribution in [0.5, 0.6) is 0 Å². The average molecular weight is 336 g/mol. The summed E-state index contributed by atoms with van der Waals surface area (Å²) < 4.78 is 0. The Balaban J connectivity index is 1.84. The van der Waals surface area contributed by atoms with E-state index in [9.17, 15) is 4.79 Å². The molecule has 0 aliphatic heterocycles. The summed E-state index contributed by atoms with van der Waals surface area (Å²) in [6.45, 7) is 2.18. The molecule has 1 fully saturated rings. The van der Waals surface area contributed by atoms with Crippen LogP contribution in [0.15, 0.2) is 11.4 Å². The third kappa shape index (κ3) is 7.07. The SMILES string of the molecule is CCCc1cc(C(=O)NC2CCCCCCCCCCC2)cs1. The second-order valence-electron chi connectivity index (χ2n) is 6.98. The minimum absolute atomic E-state index is 0.140. The van der Waals surface area contributed by atoms with Crippen molar-refractivity contribution >= 4 is 17.2 Å². The molecule has 1 aliphatic rings. The number of hydrogen-bond acceptors (Lipinski definition) is 2. The number of thiophene rings is 1. The molecule has 0 spiro atoms. The molecule has 0 radical (unpaired) electrons. The zero-order valence-corrected chi connectivity index (χ0v) is 15.6. The summed E-state index contributed by atoms with van der Waals surface area (Å²) in [6.07, 6.45) is 16.6. The van der Waals surface area contributed by atoms with Crippen molar-refractivity contribution in [3.05, 3.63) is 21.9 Å². The van der Waals surface area contributed by atoms with Crippen LogP contribution in [0.4, 0.5) is 0 Å². The van der Waals surface area contributed by atoms with E-state index in [0.717, 1.165) is 31.2 Å². The lowest BCUT2D eigenvalue weighted by Crippen LogP contribution is -2.34. The predicted octanol–water partition coefficient (Wildman–Crippen LogP) is 6.10. The Morgan fingerprint density at radius 1 is 1.04 bits per heavy atom. The van der Waals surface area contributed by atoms with Gasteiger partial charge in [-0.3, -0.25) is 4.79 Å². The van der Waals surface area contributed by atoms with Crippen molar-refractivity contribution in [2.45, 2.75) is 96.4 Å². The zero-order chi connectivity index (χ0) is 16.3. The third-order valence-electron chi connectivity index (χ3n) is 4.85. The first kappa shape index (κ1) is 18.5. The highest BCUT2D eigenvalue weighted by Gasteiger charge is 2.15. The molecule has 1 N–H and O–H groups in total. The van der Waals surface area contributed by atoms with Crippen LogP contribution in [0.2, 0.25) is 0 Å². The van der Waals surface area contributed by atoms with E-state index in [1.807, 2.05) is 5.38 Å². The molecule has 1 amide bonds. The Bertz CT molecular complexity index is 442. The van der Waals surface area contributed by atoms with Crippen molar-refractivity contribution in [3.63, 3.8) is 0 Å². The van der Waals surface area contributed by atoms with Crippen LogP contribution in [-0.4, -0.2) is 11.9 Å². The maximum atomic E-state index is 12.5. The van der Waals surface area contributed by atoms with Gasteiger partial charge in [-0.05, 0) is 25.3 Å². The molecule has 3 heteroatoms. The van der Waals surface area contributed by atoms with Crippen molar-refractivity contribution in [2.75, 3.05) is 0 Å². The van der Waals surface area contributed by atoms with Crippen LogP contribution >= 0.6 is 11.3 Å². The average Bonchev–Trinajstić information content (AvgIpc) is 2.99. The molecule has 0 saturated heterocycles. The molecule has 1 aliphatic carbocycles. The van der Waals surface area contributed by atoms with Gasteiger partial charge in [-0.1, -0.05) is 71.1 Å². The van der Waals surface area contributed by atoms with Crippen LogP contribution in [0.25, 0.3) is 0 Å². The van der Waals surface area contributed by atoms with E-state index in [1.165, 1.54) is 62.7 Å². The Morgan fingerprint density at radius 2 is 1.61 bits per heavy atom. The molecule has 1 saturated carbocycles. The van der Waals surface area contributed by atoms with Crippen LogP contribution in [0.3, 0.4) is 0 Å². The van der Waals surface area contributed by atoms with Gasteiger partial charge in [0.15, 0.2) is 0 Å². The summed E-state index contributed by atoms with van der Waals surface area (Å²) in [5.74, 6) is 0.140. The van der Waals surface area contributed by atoms with Crippen molar-refractivity contribution in [1.29, 1.82) is 0 Å². The fourth-order valence-corrected chi connectivity index (χ4v) is 4.42. The molecule has 0 unspecified atom stereocenters. The van der Waals surface area contributed by atoms with Gasteiger partial charge in [-0.2, -0.15) is 0 Å². The molecular formula is C20H33NOS. The second-order valence-corrected chi connectivity index (χ2v) is 7.98. The number of aryl methyl sites for hydroxylation is 1. The summed E-state index contributed by atoms with van der Waals surface area (Å²) in [4.78, 5) is 13.8. The summed E-state index contributed by atoms with van der Waals surface area (Å²) in [5, 5.41) is 5.33. The van der Waals surface area contributed by atoms with E-state index in [-0.39, 0.29) is 5.91 Å². The Morgan fingerprint density at radius 3 is 2.17 bits per heavy atom. The van der Waals surface area contributed by atoms with Gasteiger partial charge in [-0.15, -0.1) is 11.3 Å². The summed E-state index contributed by atoms with van der Waals surface area (Å²) in [5.41, 5.74) is 0.865. The third-order valence-corrected chi connectivity index (χ3v) is 5.85. The van der Waals surface area contributed by atoms with E-state index < -0.39 is 0 Å². The molecular weight excluding hydrogens is 302 g/mol. The molecule has 1 aromatic heterocycles. The molecule has 23 heavy (non-hydrogen) atoms. The van der Waals surface area contributed by atoms with E-state index in [0.29, 0.717) is 6.04 Å². The topological polar surface area (TPSA) is 29.1 Å². The Kier molecular flexibility index (Phi) is 8.73. The second kappa shape index (κ2) is 10.9. The van der Waals surface area contributed by atoms with Gasteiger partial charge >= 0.3 is 0 Å². The number of amides is 1. The highest BCUT2D eigenvalue weighted by atomic mass is 32.1. The number of nitrogens with one attached hydrogen (secondary N) is 1. The number of carbonyl (C=O) groups excluding carboxylic acids is 1. The molecule has 1 heterocycles. The zero-order valence-electron chi connectivity index (χ0n) is 14.7. The maximum absolute atomic E-state index is 12.5. The smallest absolute Gasteiger partial charge is 0.252 e. The van der Waals surface area contributed by atoms with Crippen molar-refractivity contribution in [2.24, 2.45) is 0 Å². The van der Waals surface area contributed by atoms with Gasteiger partial charge in [0.1, 0.15) is 0 Å². The molecule has 0 bridgehead atoms.